The van der Waals surface area contributed by atoms with E-state index < -0.39 is 17.9 Å². The Kier molecular flexibility index (Phi) is 5.86. The maximum absolute atomic E-state index is 12.4. The van der Waals surface area contributed by atoms with Crippen LogP contribution in [0.3, 0.4) is 0 Å². The van der Waals surface area contributed by atoms with Gasteiger partial charge in [-0.25, -0.2) is 4.79 Å². The number of nitrogens with one attached hydrogen (secondary N) is 1. The van der Waals surface area contributed by atoms with E-state index in [-0.39, 0.29) is 6.10 Å². The highest BCUT2D eigenvalue weighted by molar-refractivity contribution is 5.96. The van der Waals surface area contributed by atoms with Crippen LogP contribution in [0.15, 0.2) is 54.6 Å². The zero-order chi connectivity index (χ0) is 18.4. The molecule has 1 aliphatic rings. The molecule has 0 radical (unpaired) electrons. The molecule has 6 heteroatoms. The quantitative estimate of drug-likeness (QED) is 0.798. The molecule has 2 N–H and O–H groups in total. The Balaban J connectivity index is 1.60. The maximum Gasteiger partial charge on any atom is 0.330 e. The SMILES string of the molecule is O=C(N[C@H](C(=O)O)c1ccccc1)c1ccc(OCC2CCCO2)cc1. The summed E-state index contributed by atoms with van der Waals surface area (Å²) in [6.07, 6.45) is 2.18. The average Bonchev–Trinajstić information content (AvgIpc) is 3.19. The first-order chi connectivity index (χ1) is 12.6. The lowest BCUT2D eigenvalue weighted by Gasteiger charge is -2.15. The van der Waals surface area contributed by atoms with Crippen LogP contribution in [0.4, 0.5) is 0 Å². The van der Waals surface area contributed by atoms with Crippen molar-refractivity contribution in [2.75, 3.05) is 13.2 Å². The highest BCUT2D eigenvalue weighted by atomic mass is 16.5. The third kappa shape index (κ3) is 4.61. The molecule has 2 aromatic carbocycles. The van der Waals surface area contributed by atoms with E-state index in [9.17, 15) is 14.7 Å². The number of carbonyl (C=O) groups excluding carboxylic acids is 1. The van der Waals surface area contributed by atoms with Crippen LogP contribution in [0, 0.1) is 0 Å². The number of hydrogen-bond donors (Lipinski definition) is 2. The fourth-order valence-electron chi connectivity index (χ4n) is 2.82. The molecular weight excluding hydrogens is 334 g/mol. The highest BCUT2D eigenvalue weighted by Crippen LogP contribution is 2.18. The van der Waals surface area contributed by atoms with Gasteiger partial charge >= 0.3 is 5.97 Å². The van der Waals surface area contributed by atoms with Crippen molar-refractivity contribution in [3.8, 4) is 5.75 Å². The van der Waals surface area contributed by atoms with Crippen molar-refractivity contribution in [3.63, 3.8) is 0 Å². The molecule has 0 aliphatic carbocycles. The molecule has 1 fully saturated rings. The van der Waals surface area contributed by atoms with E-state index in [2.05, 4.69) is 5.32 Å². The Labute approximate surface area is 151 Å². The van der Waals surface area contributed by atoms with Gasteiger partial charge in [0, 0.05) is 12.2 Å². The standard InChI is InChI=1S/C20H21NO5/c22-19(21-18(20(23)24)14-5-2-1-3-6-14)15-8-10-16(11-9-15)26-13-17-7-4-12-25-17/h1-3,5-6,8-11,17-18H,4,7,12-13H2,(H,21,22)(H,23,24)/t17?,18-/m0/s1. The molecule has 1 saturated heterocycles. The van der Waals surface area contributed by atoms with Crippen LogP contribution in [0.2, 0.25) is 0 Å². The van der Waals surface area contributed by atoms with Crippen molar-refractivity contribution in [2.45, 2.75) is 25.0 Å². The number of hydrogen-bond acceptors (Lipinski definition) is 4. The van der Waals surface area contributed by atoms with E-state index in [0.29, 0.717) is 23.5 Å². The first kappa shape index (κ1) is 17.9. The number of benzene rings is 2. The summed E-state index contributed by atoms with van der Waals surface area (Å²) in [4.78, 5) is 23.9. The molecule has 2 aromatic rings. The van der Waals surface area contributed by atoms with Gasteiger partial charge in [-0.15, -0.1) is 0 Å². The van der Waals surface area contributed by atoms with Crippen LogP contribution in [0.25, 0.3) is 0 Å². The molecule has 0 saturated carbocycles. The first-order valence-corrected chi connectivity index (χ1v) is 8.56. The Morgan fingerprint density at radius 2 is 1.88 bits per heavy atom. The fourth-order valence-corrected chi connectivity index (χ4v) is 2.82. The third-order valence-electron chi connectivity index (χ3n) is 4.23. The molecule has 6 nitrogen and oxygen atoms in total. The Hall–Kier alpha value is -2.86. The normalized spacial score (nSPS) is 17.5. The molecule has 0 spiro atoms. The fraction of sp³-hybridized carbons (Fsp3) is 0.300. The summed E-state index contributed by atoms with van der Waals surface area (Å²) >= 11 is 0. The van der Waals surface area contributed by atoms with Crippen LogP contribution < -0.4 is 10.1 Å². The van der Waals surface area contributed by atoms with Crippen molar-refractivity contribution >= 4 is 11.9 Å². The summed E-state index contributed by atoms with van der Waals surface area (Å²) in [5, 5.41) is 11.9. The Morgan fingerprint density at radius 3 is 2.50 bits per heavy atom. The zero-order valence-electron chi connectivity index (χ0n) is 14.3. The third-order valence-corrected chi connectivity index (χ3v) is 4.23. The second-order valence-corrected chi connectivity index (χ2v) is 6.13. The highest BCUT2D eigenvalue weighted by Gasteiger charge is 2.22. The summed E-state index contributed by atoms with van der Waals surface area (Å²) in [5.41, 5.74) is 0.890. The van der Waals surface area contributed by atoms with Gasteiger partial charge in [0.1, 0.15) is 12.4 Å². The number of carboxylic acid groups (broad SMARTS) is 1. The van der Waals surface area contributed by atoms with Crippen LogP contribution in [-0.2, 0) is 9.53 Å². The van der Waals surface area contributed by atoms with Gasteiger partial charge in [-0.05, 0) is 42.7 Å². The lowest BCUT2D eigenvalue weighted by atomic mass is 10.1. The van der Waals surface area contributed by atoms with Gasteiger partial charge in [0.05, 0.1) is 6.10 Å². The molecule has 1 unspecified atom stereocenters. The van der Waals surface area contributed by atoms with Crippen molar-refractivity contribution in [3.05, 3.63) is 65.7 Å². The molecule has 0 bridgehead atoms. The number of aliphatic carboxylic acids is 1. The minimum Gasteiger partial charge on any atom is -0.491 e. The van der Waals surface area contributed by atoms with Crippen molar-refractivity contribution < 1.29 is 24.2 Å². The van der Waals surface area contributed by atoms with Crippen molar-refractivity contribution in [1.29, 1.82) is 0 Å². The van der Waals surface area contributed by atoms with Crippen LogP contribution >= 0.6 is 0 Å². The molecule has 0 aromatic heterocycles. The first-order valence-electron chi connectivity index (χ1n) is 8.56. The largest absolute Gasteiger partial charge is 0.491 e. The Bertz CT molecular complexity index is 739. The van der Waals surface area contributed by atoms with Gasteiger partial charge in [-0.1, -0.05) is 30.3 Å². The topological polar surface area (TPSA) is 84.9 Å². The van der Waals surface area contributed by atoms with Crippen molar-refractivity contribution in [2.24, 2.45) is 0 Å². The zero-order valence-corrected chi connectivity index (χ0v) is 14.3. The number of carboxylic acids is 1. The second kappa shape index (κ2) is 8.49. The molecule has 3 rings (SSSR count). The summed E-state index contributed by atoms with van der Waals surface area (Å²) in [5.74, 6) is -0.914. The van der Waals surface area contributed by atoms with Gasteiger partial charge in [0.2, 0.25) is 0 Å². The molecule has 26 heavy (non-hydrogen) atoms. The Morgan fingerprint density at radius 1 is 1.15 bits per heavy atom. The minimum absolute atomic E-state index is 0.125. The number of carbonyl (C=O) groups is 2. The molecule has 1 aliphatic heterocycles. The second-order valence-electron chi connectivity index (χ2n) is 6.13. The van der Waals surface area contributed by atoms with E-state index in [1.165, 1.54) is 0 Å². The number of rotatable bonds is 7. The van der Waals surface area contributed by atoms with Gasteiger partial charge in [0.15, 0.2) is 6.04 Å². The molecule has 2 atom stereocenters. The summed E-state index contributed by atoms with van der Waals surface area (Å²) in [7, 11) is 0. The number of amides is 1. The molecule has 1 heterocycles. The van der Waals surface area contributed by atoms with Crippen LogP contribution in [0.5, 0.6) is 5.75 Å². The lowest BCUT2D eigenvalue weighted by molar-refractivity contribution is -0.139. The molecule has 136 valence electrons. The van der Waals surface area contributed by atoms with Gasteiger partial charge < -0.3 is 19.9 Å². The summed E-state index contributed by atoms with van der Waals surface area (Å²) in [6.45, 7) is 1.26. The summed E-state index contributed by atoms with van der Waals surface area (Å²) in [6, 6.07) is 14.1. The van der Waals surface area contributed by atoms with Crippen LogP contribution in [0.1, 0.15) is 34.8 Å². The van der Waals surface area contributed by atoms with E-state index in [1.807, 2.05) is 0 Å². The lowest BCUT2D eigenvalue weighted by Crippen LogP contribution is -2.33. The van der Waals surface area contributed by atoms with Gasteiger partial charge in [-0.3, -0.25) is 4.79 Å². The minimum atomic E-state index is -1.11. The van der Waals surface area contributed by atoms with E-state index in [0.717, 1.165) is 19.4 Å². The van der Waals surface area contributed by atoms with Crippen molar-refractivity contribution in [1.82, 2.24) is 5.32 Å². The molecule has 1 amide bonds. The monoisotopic (exact) mass is 355 g/mol. The van der Waals surface area contributed by atoms with Crippen LogP contribution in [-0.4, -0.2) is 36.3 Å². The predicted octanol–water partition coefficient (Wildman–Crippen LogP) is 2.80. The van der Waals surface area contributed by atoms with E-state index in [1.54, 1.807) is 54.6 Å². The smallest absolute Gasteiger partial charge is 0.330 e. The van der Waals surface area contributed by atoms with Gasteiger partial charge in [-0.2, -0.15) is 0 Å². The summed E-state index contributed by atoms with van der Waals surface area (Å²) < 4.78 is 11.2. The molecular formula is C20H21NO5. The van der Waals surface area contributed by atoms with E-state index >= 15 is 0 Å². The number of ether oxygens (including phenoxy) is 2. The average molecular weight is 355 g/mol. The van der Waals surface area contributed by atoms with E-state index in [4.69, 9.17) is 9.47 Å². The predicted molar refractivity (Wildman–Crippen MR) is 95.2 cm³/mol. The van der Waals surface area contributed by atoms with Gasteiger partial charge in [0.25, 0.3) is 5.91 Å². The maximum atomic E-state index is 12.4.